The summed E-state index contributed by atoms with van der Waals surface area (Å²) in [7, 11) is 0. The van der Waals surface area contributed by atoms with Gasteiger partial charge in [-0.1, -0.05) is 6.07 Å². The van der Waals surface area contributed by atoms with E-state index in [0.717, 1.165) is 12.3 Å². The summed E-state index contributed by atoms with van der Waals surface area (Å²) in [5.74, 6) is 1.03. The Morgan fingerprint density at radius 3 is 2.71 bits per heavy atom. The van der Waals surface area contributed by atoms with E-state index in [-0.39, 0.29) is 6.10 Å². The van der Waals surface area contributed by atoms with Crippen LogP contribution in [0.3, 0.4) is 0 Å². The lowest BCUT2D eigenvalue weighted by Crippen LogP contribution is -2.28. The fourth-order valence-electron chi connectivity index (χ4n) is 1.92. The summed E-state index contributed by atoms with van der Waals surface area (Å²) < 4.78 is 5.84. The van der Waals surface area contributed by atoms with Crippen molar-refractivity contribution in [2.45, 2.75) is 33.8 Å². The molecule has 1 heterocycles. The first-order chi connectivity index (χ1) is 6.59. The number of hydrogen-bond acceptors (Lipinski definition) is 2. The molecule has 1 N–H and O–H groups in total. The molecular formula is C12H17NO. The Labute approximate surface area is 85.3 Å². The Morgan fingerprint density at radius 2 is 2.00 bits per heavy atom. The van der Waals surface area contributed by atoms with Crippen LogP contribution < -0.4 is 10.1 Å². The molecule has 0 fully saturated rings. The van der Waals surface area contributed by atoms with E-state index in [2.05, 4.69) is 39.1 Å². The molecule has 1 aliphatic rings. The number of hydrogen-bond donors (Lipinski definition) is 1. The van der Waals surface area contributed by atoms with Gasteiger partial charge < -0.3 is 10.1 Å². The van der Waals surface area contributed by atoms with Crippen LogP contribution in [0.2, 0.25) is 0 Å². The van der Waals surface area contributed by atoms with Gasteiger partial charge in [-0.3, -0.25) is 0 Å². The third kappa shape index (κ3) is 1.35. The molecule has 2 rings (SSSR count). The van der Waals surface area contributed by atoms with Crippen LogP contribution in [-0.4, -0.2) is 12.6 Å². The van der Waals surface area contributed by atoms with Crippen molar-refractivity contribution in [2.24, 2.45) is 0 Å². The maximum Gasteiger partial charge on any atom is 0.146 e. The minimum atomic E-state index is 0.267. The molecule has 0 aliphatic carbocycles. The summed E-state index contributed by atoms with van der Waals surface area (Å²) in [5.41, 5.74) is 5.03. The van der Waals surface area contributed by atoms with E-state index in [9.17, 15) is 0 Å². The lowest BCUT2D eigenvalue weighted by molar-refractivity contribution is 0.224. The number of anilines is 1. The van der Waals surface area contributed by atoms with Gasteiger partial charge in [0.05, 0.1) is 12.2 Å². The molecule has 76 valence electrons. The zero-order chi connectivity index (χ0) is 10.3. The van der Waals surface area contributed by atoms with Crippen LogP contribution in [0, 0.1) is 20.8 Å². The average molecular weight is 191 g/mol. The third-order valence-electron chi connectivity index (χ3n) is 2.87. The third-order valence-corrected chi connectivity index (χ3v) is 2.87. The van der Waals surface area contributed by atoms with E-state index in [1.807, 2.05) is 0 Å². The molecule has 1 aromatic carbocycles. The van der Waals surface area contributed by atoms with Crippen molar-refractivity contribution in [3.8, 4) is 5.75 Å². The van der Waals surface area contributed by atoms with Gasteiger partial charge in [0.1, 0.15) is 11.9 Å². The fourth-order valence-corrected chi connectivity index (χ4v) is 1.92. The summed E-state index contributed by atoms with van der Waals surface area (Å²) in [5, 5.41) is 3.44. The molecule has 2 nitrogen and oxygen atoms in total. The maximum absolute atomic E-state index is 5.84. The quantitative estimate of drug-likeness (QED) is 0.681. The second-order valence-electron chi connectivity index (χ2n) is 4.15. The summed E-state index contributed by atoms with van der Waals surface area (Å²) in [4.78, 5) is 0. The van der Waals surface area contributed by atoms with Crippen molar-refractivity contribution in [3.63, 3.8) is 0 Å². The van der Waals surface area contributed by atoms with E-state index in [4.69, 9.17) is 4.74 Å². The van der Waals surface area contributed by atoms with Crippen LogP contribution in [0.1, 0.15) is 23.6 Å². The molecule has 1 aliphatic heterocycles. The Kier molecular flexibility index (Phi) is 2.14. The van der Waals surface area contributed by atoms with E-state index < -0.39 is 0 Å². The topological polar surface area (TPSA) is 21.3 Å². The van der Waals surface area contributed by atoms with Crippen molar-refractivity contribution in [2.75, 3.05) is 11.9 Å². The van der Waals surface area contributed by atoms with Crippen molar-refractivity contribution in [3.05, 3.63) is 22.8 Å². The highest BCUT2D eigenvalue weighted by Crippen LogP contribution is 2.37. The minimum absolute atomic E-state index is 0.267. The van der Waals surface area contributed by atoms with Crippen molar-refractivity contribution >= 4 is 5.69 Å². The van der Waals surface area contributed by atoms with Crippen LogP contribution >= 0.6 is 0 Å². The SMILES string of the molecule is Cc1cc(C)c2c(c1C)NCC(C)O2. The van der Waals surface area contributed by atoms with Crippen LogP contribution in [0.25, 0.3) is 0 Å². The summed E-state index contributed by atoms with van der Waals surface area (Å²) in [6.45, 7) is 9.37. The second kappa shape index (κ2) is 3.19. The maximum atomic E-state index is 5.84. The number of nitrogens with one attached hydrogen (secondary N) is 1. The molecule has 0 spiro atoms. The van der Waals surface area contributed by atoms with Crippen LogP contribution in [0.15, 0.2) is 6.07 Å². The molecule has 2 heteroatoms. The number of aryl methyl sites for hydroxylation is 2. The van der Waals surface area contributed by atoms with E-state index in [1.165, 1.54) is 22.4 Å². The lowest BCUT2D eigenvalue weighted by Gasteiger charge is -2.28. The van der Waals surface area contributed by atoms with Crippen molar-refractivity contribution in [1.82, 2.24) is 0 Å². The standard InChI is InChI=1S/C12H17NO/c1-7-5-8(2)12-11(10(7)4)13-6-9(3)14-12/h5,9,13H,6H2,1-4H3. The molecule has 0 aromatic heterocycles. The first-order valence-corrected chi connectivity index (χ1v) is 5.11. The molecule has 0 amide bonds. The van der Waals surface area contributed by atoms with Crippen LogP contribution in [0.4, 0.5) is 5.69 Å². The van der Waals surface area contributed by atoms with E-state index in [0.29, 0.717) is 0 Å². The largest absolute Gasteiger partial charge is 0.486 e. The Hall–Kier alpha value is -1.18. The first-order valence-electron chi connectivity index (χ1n) is 5.11. The van der Waals surface area contributed by atoms with Gasteiger partial charge in [0.2, 0.25) is 0 Å². The highest BCUT2D eigenvalue weighted by molar-refractivity contribution is 5.68. The van der Waals surface area contributed by atoms with Crippen molar-refractivity contribution < 1.29 is 4.74 Å². The first kappa shape index (κ1) is 9.38. The molecule has 0 bridgehead atoms. The summed E-state index contributed by atoms with van der Waals surface area (Å²) >= 11 is 0. The molecular weight excluding hydrogens is 174 g/mol. The lowest BCUT2D eigenvalue weighted by atomic mass is 10.0. The molecule has 0 saturated carbocycles. The van der Waals surface area contributed by atoms with Gasteiger partial charge in [-0.25, -0.2) is 0 Å². The zero-order valence-corrected chi connectivity index (χ0v) is 9.27. The zero-order valence-electron chi connectivity index (χ0n) is 9.27. The van der Waals surface area contributed by atoms with E-state index >= 15 is 0 Å². The van der Waals surface area contributed by atoms with Gasteiger partial charge in [0, 0.05) is 0 Å². The molecule has 1 atom stereocenters. The molecule has 1 unspecified atom stereocenters. The van der Waals surface area contributed by atoms with E-state index in [1.54, 1.807) is 0 Å². The predicted molar refractivity (Wildman–Crippen MR) is 59.2 cm³/mol. The smallest absolute Gasteiger partial charge is 0.146 e. The average Bonchev–Trinajstić information content (AvgIpc) is 2.14. The van der Waals surface area contributed by atoms with Crippen LogP contribution in [-0.2, 0) is 0 Å². The molecule has 14 heavy (non-hydrogen) atoms. The Bertz CT molecular complexity index is 371. The number of fused-ring (bicyclic) bond motifs is 1. The number of benzene rings is 1. The molecule has 0 saturated heterocycles. The van der Waals surface area contributed by atoms with Gasteiger partial charge in [-0.15, -0.1) is 0 Å². The summed E-state index contributed by atoms with van der Waals surface area (Å²) in [6, 6.07) is 2.19. The predicted octanol–water partition coefficient (Wildman–Crippen LogP) is 2.80. The fraction of sp³-hybridized carbons (Fsp3) is 0.500. The molecule has 0 radical (unpaired) electrons. The van der Waals surface area contributed by atoms with Crippen molar-refractivity contribution in [1.29, 1.82) is 0 Å². The van der Waals surface area contributed by atoms with Gasteiger partial charge >= 0.3 is 0 Å². The highest BCUT2D eigenvalue weighted by atomic mass is 16.5. The van der Waals surface area contributed by atoms with Gasteiger partial charge in [0.25, 0.3) is 0 Å². The Morgan fingerprint density at radius 1 is 1.29 bits per heavy atom. The second-order valence-corrected chi connectivity index (χ2v) is 4.15. The van der Waals surface area contributed by atoms with Crippen LogP contribution in [0.5, 0.6) is 5.75 Å². The molecule has 1 aromatic rings. The highest BCUT2D eigenvalue weighted by Gasteiger charge is 2.19. The number of rotatable bonds is 0. The monoisotopic (exact) mass is 191 g/mol. The number of ether oxygens (including phenoxy) is 1. The van der Waals surface area contributed by atoms with Gasteiger partial charge in [0.15, 0.2) is 0 Å². The summed E-state index contributed by atoms with van der Waals surface area (Å²) in [6.07, 6.45) is 0.267. The van der Waals surface area contributed by atoms with Gasteiger partial charge in [-0.05, 0) is 44.4 Å². The van der Waals surface area contributed by atoms with Gasteiger partial charge in [-0.2, -0.15) is 0 Å². The normalized spacial score (nSPS) is 19.6. The minimum Gasteiger partial charge on any atom is -0.486 e. The Balaban J connectivity index is 2.57.